The van der Waals surface area contributed by atoms with Crippen molar-refractivity contribution in [3.8, 4) is 0 Å². The summed E-state index contributed by atoms with van der Waals surface area (Å²) in [4.78, 5) is 12.0. The van der Waals surface area contributed by atoms with Crippen molar-refractivity contribution >= 4 is 16.0 Å². The summed E-state index contributed by atoms with van der Waals surface area (Å²) >= 11 is 0. The van der Waals surface area contributed by atoms with Gasteiger partial charge >= 0.3 is 0 Å². The van der Waals surface area contributed by atoms with Crippen molar-refractivity contribution in [1.29, 1.82) is 0 Å². The van der Waals surface area contributed by atoms with E-state index in [9.17, 15) is 13.2 Å². The highest BCUT2D eigenvalue weighted by Gasteiger charge is 2.43. The summed E-state index contributed by atoms with van der Waals surface area (Å²) in [7, 11) is -1.89. The van der Waals surface area contributed by atoms with Crippen molar-refractivity contribution < 1.29 is 17.9 Å². The molecule has 0 aromatic rings. The lowest BCUT2D eigenvalue weighted by atomic mass is 9.97. The van der Waals surface area contributed by atoms with Gasteiger partial charge in [0.2, 0.25) is 0 Å². The van der Waals surface area contributed by atoms with E-state index >= 15 is 0 Å². The maximum Gasteiger partial charge on any atom is 0.282 e. The van der Waals surface area contributed by atoms with Crippen molar-refractivity contribution in [2.24, 2.45) is 5.92 Å². The zero-order chi connectivity index (χ0) is 15.5. The minimum atomic E-state index is -3.51. The molecular formula is C14H26N2O4S. The van der Waals surface area contributed by atoms with Crippen molar-refractivity contribution in [2.45, 2.75) is 45.1 Å². The third kappa shape index (κ3) is 3.64. The molecule has 1 saturated heterocycles. The summed E-state index contributed by atoms with van der Waals surface area (Å²) in [5.41, 5.74) is 0. The summed E-state index contributed by atoms with van der Waals surface area (Å²) in [5.74, 6) is -0.0124. The highest BCUT2D eigenvalue weighted by Crippen LogP contribution is 2.31. The average Bonchev–Trinajstić information content (AvgIpc) is 2.90. The average molecular weight is 318 g/mol. The Hall–Kier alpha value is -0.500. The molecule has 0 aromatic heterocycles. The highest BCUT2D eigenvalue weighted by molar-refractivity contribution is 7.86. The van der Waals surface area contributed by atoms with E-state index in [1.54, 1.807) is 7.05 Å². The van der Waals surface area contributed by atoms with Crippen LogP contribution in [0.2, 0.25) is 0 Å². The van der Waals surface area contributed by atoms with Crippen LogP contribution in [0, 0.1) is 5.92 Å². The number of ketones is 1. The Labute approximate surface area is 127 Å². The number of carbonyl (C=O) groups excluding carboxylic acids is 1. The van der Waals surface area contributed by atoms with E-state index in [-0.39, 0.29) is 17.7 Å². The first kappa shape index (κ1) is 16.9. The van der Waals surface area contributed by atoms with Crippen LogP contribution in [0.15, 0.2) is 0 Å². The van der Waals surface area contributed by atoms with Gasteiger partial charge in [-0.3, -0.25) is 4.79 Å². The lowest BCUT2D eigenvalue weighted by molar-refractivity contribution is -0.123. The van der Waals surface area contributed by atoms with Gasteiger partial charge in [-0.2, -0.15) is 17.0 Å². The maximum absolute atomic E-state index is 12.8. The van der Waals surface area contributed by atoms with E-state index in [2.05, 4.69) is 0 Å². The number of ether oxygens (including phenoxy) is 1. The van der Waals surface area contributed by atoms with Crippen LogP contribution in [0.4, 0.5) is 0 Å². The summed E-state index contributed by atoms with van der Waals surface area (Å²) < 4.78 is 33.9. The molecule has 2 atom stereocenters. The van der Waals surface area contributed by atoms with Crippen LogP contribution in [-0.2, 0) is 19.7 Å². The number of hydrogen-bond acceptors (Lipinski definition) is 4. The molecule has 6 nitrogen and oxygen atoms in total. The van der Waals surface area contributed by atoms with Crippen LogP contribution < -0.4 is 0 Å². The fourth-order valence-corrected chi connectivity index (χ4v) is 4.71. The number of carbonyl (C=O) groups is 1. The standard InChI is InChI=1S/C14H26N2O4S/c1-3-4-8-15(2)21(18,19)16-9-10-20-11-13(16)12-6-5-7-14(12)17/h12-13H,3-11H2,1-2H3/t12-,13+/m0/s1. The number of rotatable bonds is 6. The molecule has 0 aromatic carbocycles. The first-order chi connectivity index (χ1) is 9.98. The summed E-state index contributed by atoms with van der Waals surface area (Å²) in [6.45, 7) is 3.62. The van der Waals surface area contributed by atoms with Gasteiger partial charge < -0.3 is 4.74 Å². The molecule has 1 aliphatic carbocycles. The van der Waals surface area contributed by atoms with E-state index < -0.39 is 10.2 Å². The van der Waals surface area contributed by atoms with Crippen LogP contribution in [0.25, 0.3) is 0 Å². The monoisotopic (exact) mass is 318 g/mol. The van der Waals surface area contributed by atoms with Crippen molar-refractivity contribution in [3.63, 3.8) is 0 Å². The van der Waals surface area contributed by atoms with E-state index in [4.69, 9.17) is 4.74 Å². The lowest BCUT2D eigenvalue weighted by Gasteiger charge is -2.39. The second kappa shape index (κ2) is 7.17. The van der Waals surface area contributed by atoms with Gasteiger partial charge in [0.05, 0.1) is 19.3 Å². The molecule has 2 aliphatic rings. The maximum atomic E-state index is 12.8. The molecule has 1 saturated carbocycles. The molecule has 21 heavy (non-hydrogen) atoms. The summed E-state index contributed by atoms with van der Waals surface area (Å²) in [6, 6.07) is -0.331. The topological polar surface area (TPSA) is 66.9 Å². The number of hydrogen-bond donors (Lipinski definition) is 0. The predicted molar refractivity (Wildman–Crippen MR) is 80.1 cm³/mol. The molecule has 0 N–H and O–H groups in total. The van der Waals surface area contributed by atoms with Crippen molar-refractivity contribution in [3.05, 3.63) is 0 Å². The van der Waals surface area contributed by atoms with Gasteiger partial charge in [0.1, 0.15) is 5.78 Å². The van der Waals surface area contributed by atoms with Crippen LogP contribution in [0.1, 0.15) is 39.0 Å². The van der Waals surface area contributed by atoms with Gasteiger partial charge in [-0.15, -0.1) is 0 Å². The molecule has 1 heterocycles. The second-order valence-corrected chi connectivity index (χ2v) is 7.89. The van der Waals surface area contributed by atoms with Crippen LogP contribution >= 0.6 is 0 Å². The summed E-state index contributed by atoms with van der Waals surface area (Å²) in [5, 5.41) is 0. The van der Waals surface area contributed by atoms with Gasteiger partial charge in [0, 0.05) is 32.5 Å². The van der Waals surface area contributed by atoms with E-state index in [0.717, 1.165) is 25.7 Å². The van der Waals surface area contributed by atoms with E-state index in [1.807, 2.05) is 6.92 Å². The molecular weight excluding hydrogens is 292 g/mol. The first-order valence-electron chi connectivity index (χ1n) is 7.82. The molecule has 0 radical (unpaired) electrons. The Kier molecular flexibility index (Phi) is 5.76. The lowest BCUT2D eigenvalue weighted by Crippen LogP contribution is -2.56. The van der Waals surface area contributed by atoms with E-state index in [1.165, 1.54) is 8.61 Å². The number of Topliss-reactive ketones (excluding diaryl/α,β-unsaturated/α-hetero) is 1. The highest BCUT2D eigenvalue weighted by atomic mass is 32.2. The van der Waals surface area contributed by atoms with Crippen LogP contribution in [0.3, 0.4) is 0 Å². The van der Waals surface area contributed by atoms with Crippen molar-refractivity contribution in [1.82, 2.24) is 8.61 Å². The van der Waals surface area contributed by atoms with Crippen molar-refractivity contribution in [2.75, 3.05) is 33.4 Å². The van der Waals surface area contributed by atoms with Gasteiger partial charge in [0.25, 0.3) is 10.2 Å². The smallest absolute Gasteiger partial charge is 0.282 e. The minimum absolute atomic E-state index is 0.182. The normalized spacial score (nSPS) is 28.4. The van der Waals surface area contributed by atoms with Gasteiger partial charge in [-0.05, 0) is 19.3 Å². The van der Waals surface area contributed by atoms with Gasteiger partial charge in [0.15, 0.2) is 0 Å². The first-order valence-corrected chi connectivity index (χ1v) is 9.21. The fourth-order valence-electron chi connectivity index (χ4n) is 3.14. The zero-order valence-electron chi connectivity index (χ0n) is 13.0. The van der Waals surface area contributed by atoms with Gasteiger partial charge in [-0.1, -0.05) is 13.3 Å². The SMILES string of the molecule is CCCCN(C)S(=O)(=O)N1CCOC[C@@H]1[C@@H]1CCCC1=O. The number of unbranched alkanes of at least 4 members (excludes halogenated alkanes) is 1. The molecule has 0 bridgehead atoms. The Balaban J connectivity index is 2.15. The molecule has 1 aliphatic heterocycles. The zero-order valence-corrected chi connectivity index (χ0v) is 13.8. The summed E-state index contributed by atoms with van der Waals surface area (Å²) in [6.07, 6.45) is 4.00. The van der Waals surface area contributed by atoms with E-state index in [0.29, 0.717) is 32.7 Å². The second-order valence-electron chi connectivity index (χ2n) is 5.90. The number of nitrogens with zero attached hydrogens (tertiary/aromatic N) is 2. The van der Waals surface area contributed by atoms with Gasteiger partial charge in [-0.25, -0.2) is 0 Å². The van der Waals surface area contributed by atoms with Crippen LogP contribution in [0.5, 0.6) is 0 Å². The Morgan fingerprint density at radius 3 is 2.81 bits per heavy atom. The number of morpholine rings is 1. The minimum Gasteiger partial charge on any atom is -0.378 e. The molecule has 0 unspecified atom stereocenters. The molecule has 2 rings (SSSR count). The molecule has 122 valence electrons. The fraction of sp³-hybridized carbons (Fsp3) is 0.929. The quantitative estimate of drug-likeness (QED) is 0.734. The third-order valence-electron chi connectivity index (χ3n) is 4.45. The Bertz CT molecular complexity index is 466. The Morgan fingerprint density at radius 2 is 2.19 bits per heavy atom. The predicted octanol–water partition coefficient (Wildman–Crippen LogP) is 1.03. The largest absolute Gasteiger partial charge is 0.378 e. The molecule has 0 amide bonds. The molecule has 0 spiro atoms. The third-order valence-corrected chi connectivity index (χ3v) is 6.46. The Morgan fingerprint density at radius 1 is 1.43 bits per heavy atom. The molecule has 2 fully saturated rings. The molecule has 7 heteroatoms. The van der Waals surface area contributed by atoms with Crippen LogP contribution in [-0.4, -0.2) is 62.2 Å².